The lowest BCUT2D eigenvalue weighted by Crippen LogP contribution is -2.40. The number of carbonyl (C=O) groups excluding carboxylic acids is 2. The smallest absolute Gasteiger partial charge is 0.269 e. The zero-order valence-corrected chi connectivity index (χ0v) is 19.5. The molecule has 178 valence electrons. The molecule has 8 nitrogen and oxygen atoms in total. The summed E-state index contributed by atoms with van der Waals surface area (Å²) in [7, 11) is 1.48. The van der Waals surface area contributed by atoms with Crippen LogP contribution >= 0.6 is 11.6 Å². The maximum atomic E-state index is 12.3. The molecular formula is C26H22ClN3O5. The van der Waals surface area contributed by atoms with Gasteiger partial charge in [0.1, 0.15) is 18.4 Å². The van der Waals surface area contributed by atoms with Crippen LogP contribution in [-0.4, -0.2) is 25.5 Å². The van der Waals surface area contributed by atoms with E-state index in [1.807, 2.05) is 6.07 Å². The molecule has 0 spiro atoms. The van der Waals surface area contributed by atoms with Gasteiger partial charge in [-0.1, -0.05) is 29.8 Å². The Hall–Kier alpha value is -4.48. The largest absolute Gasteiger partial charge is 0.493 e. The van der Waals surface area contributed by atoms with Gasteiger partial charge in [-0.15, -0.1) is 0 Å². The van der Waals surface area contributed by atoms with Crippen molar-refractivity contribution < 1.29 is 23.8 Å². The molecule has 0 bridgehead atoms. The van der Waals surface area contributed by atoms with Crippen molar-refractivity contribution in [2.75, 3.05) is 13.7 Å². The van der Waals surface area contributed by atoms with Crippen LogP contribution in [0.15, 0.2) is 72.8 Å². The summed E-state index contributed by atoms with van der Waals surface area (Å²) < 4.78 is 16.2. The highest BCUT2D eigenvalue weighted by Crippen LogP contribution is 2.28. The number of hydrogen-bond donors (Lipinski definition) is 2. The van der Waals surface area contributed by atoms with Gasteiger partial charge in [0, 0.05) is 16.7 Å². The lowest BCUT2D eigenvalue weighted by Gasteiger charge is -2.09. The van der Waals surface area contributed by atoms with Crippen LogP contribution in [-0.2, 0) is 11.4 Å². The van der Waals surface area contributed by atoms with E-state index in [0.29, 0.717) is 40.0 Å². The van der Waals surface area contributed by atoms with Gasteiger partial charge in [-0.2, -0.15) is 5.26 Å². The van der Waals surface area contributed by atoms with Crippen LogP contribution in [0.1, 0.15) is 21.5 Å². The van der Waals surface area contributed by atoms with Crippen LogP contribution < -0.4 is 25.1 Å². The summed E-state index contributed by atoms with van der Waals surface area (Å²) in [5.74, 6) is 0.560. The highest BCUT2D eigenvalue weighted by Gasteiger charge is 2.08. The first-order valence-electron chi connectivity index (χ1n) is 10.4. The molecule has 2 N–H and O–H groups in total. The van der Waals surface area contributed by atoms with Crippen molar-refractivity contribution in [3.63, 3.8) is 0 Å². The quantitative estimate of drug-likeness (QED) is 0.341. The zero-order chi connectivity index (χ0) is 25.0. The Balaban J connectivity index is 1.48. The average molecular weight is 492 g/mol. The number of carbonyl (C=O) groups is 2. The summed E-state index contributed by atoms with van der Waals surface area (Å²) >= 11 is 5.86. The molecule has 0 fully saturated rings. The molecule has 3 aromatic rings. The SMILES string of the molecule is COc1cc(/C=C/C(=O)NNC(=O)c2ccc(COc3ccc(Cl)cc3)cc2)ccc1OCC#N. The molecule has 9 heteroatoms. The van der Waals surface area contributed by atoms with E-state index in [9.17, 15) is 9.59 Å². The number of nitrogens with one attached hydrogen (secondary N) is 2. The molecule has 35 heavy (non-hydrogen) atoms. The molecule has 0 saturated heterocycles. The predicted octanol–water partition coefficient (Wildman–Crippen LogP) is 4.30. The van der Waals surface area contributed by atoms with E-state index >= 15 is 0 Å². The maximum Gasteiger partial charge on any atom is 0.269 e. The first-order valence-corrected chi connectivity index (χ1v) is 10.8. The van der Waals surface area contributed by atoms with Crippen LogP contribution in [0.5, 0.6) is 17.2 Å². The zero-order valence-electron chi connectivity index (χ0n) is 18.8. The number of hydrazine groups is 1. The number of methoxy groups -OCH3 is 1. The lowest BCUT2D eigenvalue weighted by atomic mass is 10.1. The minimum absolute atomic E-state index is 0.104. The second-order valence-corrected chi connectivity index (χ2v) is 7.51. The molecular weight excluding hydrogens is 470 g/mol. The number of benzene rings is 3. The van der Waals surface area contributed by atoms with E-state index in [2.05, 4.69) is 10.9 Å². The van der Waals surface area contributed by atoms with Crippen molar-refractivity contribution in [2.24, 2.45) is 0 Å². The number of nitrogens with zero attached hydrogens (tertiary/aromatic N) is 1. The third kappa shape index (κ3) is 7.81. The third-order valence-corrected chi connectivity index (χ3v) is 4.89. The first-order chi connectivity index (χ1) is 17.0. The third-order valence-electron chi connectivity index (χ3n) is 4.64. The van der Waals surface area contributed by atoms with Crippen molar-refractivity contribution in [3.05, 3.63) is 94.5 Å². The Morgan fingerprint density at radius 2 is 1.71 bits per heavy atom. The Labute approximate surface area is 207 Å². The van der Waals surface area contributed by atoms with Gasteiger partial charge in [-0.3, -0.25) is 20.4 Å². The van der Waals surface area contributed by atoms with E-state index in [1.165, 1.54) is 13.2 Å². The normalized spacial score (nSPS) is 10.3. The predicted molar refractivity (Wildman–Crippen MR) is 131 cm³/mol. The minimum atomic E-state index is -0.518. The van der Waals surface area contributed by atoms with Gasteiger partial charge >= 0.3 is 0 Å². The van der Waals surface area contributed by atoms with Gasteiger partial charge in [0.05, 0.1) is 7.11 Å². The van der Waals surface area contributed by atoms with Gasteiger partial charge in [0.2, 0.25) is 0 Å². The van der Waals surface area contributed by atoms with Crippen LogP contribution in [0.4, 0.5) is 0 Å². The molecule has 0 aromatic heterocycles. The van der Waals surface area contributed by atoms with E-state index in [0.717, 1.165) is 5.56 Å². The molecule has 3 aromatic carbocycles. The summed E-state index contributed by atoms with van der Waals surface area (Å²) in [6.07, 6.45) is 2.82. The van der Waals surface area contributed by atoms with Crippen LogP contribution in [0.3, 0.4) is 0 Å². The second-order valence-electron chi connectivity index (χ2n) is 7.07. The molecule has 0 heterocycles. The van der Waals surface area contributed by atoms with Gasteiger partial charge in [0.15, 0.2) is 18.1 Å². The Morgan fingerprint density at radius 3 is 2.40 bits per heavy atom. The Morgan fingerprint density at radius 1 is 0.971 bits per heavy atom. The molecule has 0 saturated carbocycles. The average Bonchev–Trinajstić information content (AvgIpc) is 2.89. The highest BCUT2D eigenvalue weighted by atomic mass is 35.5. The Kier molecular flexibility index (Phi) is 9.11. The van der Waals surface area contributed by atoms with E-state index < -0.39 is 11.8 Å². The summed E-state index contributed by atoms with van der Waals surface area (Å²) in [6, 6.07) is 20.7. The van der Waals surface area contributed by atoms with Crippen LogP contribution in [0.2, 0.25) is 5.02 Å². The Bertz CT molecular complexity index is 1240. The first kappa shape index (κ1) is 25.1. The number of hydrogen-bond acceptors (Lipinski definition) is 6. The number of nitriles is 1. The number of rotatable bonds is 9. The number of ether oxygens (including phenoxy) is 3. The molecule has 0 aliphatic heterocycles. The van der Waals surface area contributed by atoms with Gasteiger partial charge in [-0.25, -0.2) is 0 Å². The van der Waals surface area contributed by atoms with Crippen molar-refractivity contribution in [3.8, 4) is 23.3 Å². The van der Waals surface area contributed by atoms with Crippen molar-refractivity contribution in [1.82, 2.24) is 10.9 Å². The molecule has 0 aliphatic rings. The molecule has 0 atom stereocenters. The van der Waals surface area contributed by atoms with Gasteiger partial charge in [0.25, 0.3) is 11.8 Å². The number of halogens is 1. The highest BCUT2D eigenvalue weighted by molar-refractivity contribution is 6.30. The fourth-order valence-electron chi connectivity index (χ4n) is 2.87. The monoisotopic (exact) mass is 491 g/mol. The fraction of sp³-hybridized carbons (Fsp3) is 0.115. The molecule has 0 unspecified atom stereocenters. The van der Waals surface area contributed by atoms with E-state index in [4.69, 9.17) is 31.1 Å². The molecule has 2 amide bonds. The lowest BCUT2D eigenvalue weighted by molar-refractivity contribution is -0.117. The standard InChI is InChI=1S/C26H22ClN3O5/c1-33-24-16-18(4-12-23(24)34-15-14-28)5-13-25(31)29-30-26(32)20-6-2-19(3-7-20)17-35-22-10-8-21(27)9-11-22/h2-13,16H,15,17H2,1H3,(H,29,31)(H,30,32)/b13-5+. The topological polar surface area (TPSA) is 110 Å². The minimum Gasteiger partial charge on any atom is -0.493 e. The van der Waals surface area contributed by atoms with Crippen molar-refractivity contribution in [1.29, 1.82) is 5.26 Å². The number of amides is 2. The van der Waals surface area contributed by atoms with E-state index in [1.54, 1.807) is 72.8 Å². The van der Waals surface area contributed by atoms with Gasteiger partial charge < -0.3 is 14.2 Å². The summed E-state index contributed by atoms with van der Waals surface area (Å²) in [6.45, 7) is 0.231. The van der Waals surface area contributed by atoms with Crippen molar-refractivity contribution >= 4 is 29.5 Å². The van der Waals surface area contributed by atoms with Crippen molar-refractivity contribution in [2.45, 2.75) is 6.61 Å². The summed E-state index contributed by atoms with van der Waals surface area (Å²) in [4.78, 5) is 24.4. The molecule has 0 radical (unpaired) electrons. The summed E-state index contributed by atoms with van der Waals surface area (Å²) in [5, 5.41) is 9.26. The maximum absolute atomic E-state index is 12.3. The molecule has 0 aliphatic carbocycles. The molecule has 3 rings (SSSR count). The van der Waals surface area contributed by atoms with Crippen LogP contribution in [0, 0.1) is 11.3 Å². The van der Waals surface area contributed by atoms with Gasteiger partial charge in [-0.05, 0) is 65.7 Å². The van der Waals surface area contributed by atoms with E-state index in [-0.39, 0.29) is 6.61 Å². The van der Waals surface area contributed by atoms with Crippen LogP contribution in [0.25, 0.3) is 6.08 Å². The fourth-order valence-corrected chi connectivity index (χ4v) is 3.00. The second kappa shape index (κ2) is 12.7. The summed E-state index contributed by atoms with van der Waals surface area (Å²) in [5.41, 5.74) is 6.62.